The van der Waals surface area contributed by atoms with Gasteiger partial charge in [0, 0.05) is 55.4 Å². The van der Waals surface area contributed by atoms with E-state index in [-0.39, 0.29) is 10.8 Å². The second-order valence-corrected chi connectivity index (χ2v) is 13.2. The Morgan fingerprint density at radius 1 is 0.878 bits per heavy atom. The van der Waals surface area contributed by atoms with Crippen molar-refractivity contribution in [3.63, 3.8) is 0 Å². The predicted molar refractivity (Wildman–Crippen MR) is 163 cm³/mol. The molecular weight excluding hydrogens is 578 g/mol. The molecule has 4 heterocycles. The summed E-state index contributed by atoms with van der Waals surface area (Å²) in [5.74, 6) is -0.135. The van der Waals surface area contributed by atoms with Crippen LogP contribution in [0, 0.1) is 0 Å². The molecule has 5 aromatic rings. The highest BCUT2D eigenvalue weighted by Crippen LogP contribution is 2.37. The van der Waals surface area contributed by atoms with Crippen molar-refractivity contribution in [2.24, 2.45) is 0 Å². The van der Waals surface area contributed by atoms with Crippen LogP contribution < -0.4 is 4.90 Å². The van der Waals surface area contributed by atoms with Gasteiger partial charge in [0.2, 0.25) is 0 Å². The molecule has 0 atom stereocenters. The molecule has 11 heteroatoms. The van der Waals surface area contributed by atoms with Gasteiger partial charge in [-0.05, 0) is 60.2 Å². The number of rotatable bonds is 6. The largest absolute Gasteiger partial charge is 0.368 e. The fraction of sp³-hybridized carbons (Fsp3) is 0.167. The van der Waals surface area contributed by atoms with Crippen molar-refractivity contribution in [2.75, 3.05) is 37.3 Å². The number of amides is 1. The lowest BCUT2D eigenvalue weighted by atomic mass is 10.2. The monoisotopic (exact) mass is 603 g/mol. The SMILES string of the molecule is CS(=O)(=O)c1cccc(-c2ccc(-c3cc(C(=O)N4CCN(c5ccncc5)CC4)nn3-c3ccccc3Cl)s2)c1. The van der Waals surface area contributed by atoms with E-state index in [1.807, 2.05) is 59.5 Å². The summed E-state index contributed by atoms with van der Waals surface area (Å²) >= 11 is 8.07. The van der Waals surface area contributed by atoms with Gasteiger partial charge in [-0.15, -0.1) is 11.3 Å². The maximum Gasteiger partial charge on any atom is 0.274 e. The number of aromatic nitrogens is 3. The molecular formula is C30H26ClN5O3S2. The number of thiophene rings is 1. The van der Waals surface area contributed by atoms with Gasteiger partial charge in [0.1, 0.15) is 0 Å². The third-order valence-corrected chi connectivity index (χ3v) is 9.60. The van der Waals surface area contributed by atoms with E-state index in [1.165, 1.54) is 17.6 Å². The van der Waals surface area contributed by atoms with E-state index in [4.69, 9.17) is 16.7 Å². The molecule has 0 unspecified atom stereocenters. The van der Waals surface area contributed by atoms with E-state index < -0.39 is 9.84 Å². The molecule has 1 saturated heterocycles. The highest BCUT2D eigenvalue weighted by molar-refractivity contribution is 7.90. The standard InChI is InChI=1S/C30H26ClN5O3S2/c1-41(38,39)23-6-4-5-21(19-23)28-9-10-29(40-28)27-20-25(33-36(27)26-8-3-2-7-24(26)31)30(37)35-17-15-34(16-18-35)22-11-13-32-14-12-22/h2-14,19-20H,15-18H2,1H3. The topological polar surface area (TPSA) is 88.4 Å². The minimum Gasteiger partial charge on any atom is -0.368 e. The lowest BCUT2D eigenvalue weighted by molar-refractivity contribution is 0.0740. The number of benzene rings is 2. The first kappa shape index (κ1) is 27.2. The predicted octanol–water partition coefficient (Wildman–Crippen LogP) is 5.68. The molecule has 0 bridgehead atoms. The number of pyridine rings is 1. The summed E-state index contributed by atoms with van der Waals surface area (Å²) in [7, 11) is -3.33. The van der Waals surface area contributed by atoms with Crippen molar-refractivity contribution in [3.8, 4) is 26.7 Å². The third-order valence-electron chi connectivity index (χ3n) is 7.01. The second-order valence-electron chi connectivity index (χ2n) is 9.73. The van der Waals surface area contributed by atoms with Crippen LogP contribution in [0.5, 0.6) is 0 Å². The fourth-order valence-corrected chi connectivity index (χ4v) is 6.75. The summed E-state index contributed by atoms with van der Waals surface area (Å²) in [6.07, 6.45) is 4.74. The quantitative estimate of drug-likeness (QED) is 0.248. The summed E-state index contributed by atoms with van der Waals surface area (Å²) in [4.78, 5) is 23.8. The van der Waals surface area contributed by atoms with Crippen molar-refractivity contribution >= 4 is 44.4 Å². The van der Waals surface area contributed by atoms with Gasteiger partial charge in [-0.3, -0.25) is 9.78 Å². The maximum absolute atomic E-state index is 13.6. The van der Waals surface area contributed by atoms with Crippen molar-refractivity contribution in [2.45, 2.75) is 4.90 Å². The van der Waals surface area contributed by atoms with E-state index in [0.29, 0.717) is 42.6 Å². The Balaban J connectivity index is 1.32. The Labute approximate surface area is 247 Å². The van der Waals surface area contributed by atoms with Gasteiger partial charge in [-0.1, -0.05) is 35.9 Å². The number of carbonyl (C=O) groups is 1. The van der Waals surface area contributed by atoms with Gasteiger partial charge in [-0.2, -0.15) is 5.10 Å². The van der Waals surface area contributed by atoms with E-state index in [1.54, 1.807) is 41.3 Å². The van der Waals surface area contributed by atoms with Gasteiger partial charge >= 0.3 is 0 Å². The number of carbonyl (C=O) groups excluding carboxylic acids is 1. The molecule has 208 valence electrons. The van der Waals surface area contributed by atoms with Gasteiger partial charge < -0.3 is 9.80 Å². The molecule has 3 aromatic heterocycles. The molecule has 1 aliphatic heterocycles. The van der Waals surface area contributed by atoms with Crippen LogP contribution in [0.3, 0.4) is 0 Å². The first-order valence-electron chi connectivity index (χ1n) is 13.0. The van der Waals surface area contributed by atoms with Crippen LogP contribution in [-0.2, 0) is 9.84 Å². The van der Waals surface area contributed by atoms with Crippen LogP contribution in [-0.4, -0.2) is 66.4 Å². The van der Waals surface area contributed by atoms with Crippen LogP contribution in [0.15, 0.2) is 96.2 Å². The zero-order valence-corrected chi connectivity index (χ0v) is 24.5. The molecule has 1 fully saturated rings. The molecule has 8 nitrogen and oxygen atoms in total. The molecule has 1 amide bonds. The fourth-order valence-electron chi connectivity index (χ4n) is 4.86. The molecule has 2 aromatic carbocycles. The zero-order valence-electron chi connectivity index (χ0n) is 22.1. The number of sulfone groups is 1. The number of halogens is 1. The third kappa shape index (κ3) is 5.63. The molecule has 41 heavy (non-hydrogen) atoms. The van der Waals surface area contributed by atoms with Crippen molar-refractivity contribution in [1.29, 1.82) is 0 Å². The Bertz CT molecular complexity index is 1830. The Morgan fingerprint density at radius 2 is 1.61 bits per heavy atom. The van der Waals surface area contributed by atoms with E-state index in [2.05, 4.69) is 9.88 Å². The minimum absolute atomic E-state index is 0.135. The number of piperazine rings is 1. The average molecular weight is 604 g/mol. The average Bonchev–Trinajstić information content (AvgIpc) is 3.65. The highest BCUT2D eigenvalue weighted by Gasteiger charge is 2.26. The molecule has 0 saturated carbocycles. The van der Waals surface area contributed by atoms with E-state index >= 15 is 0 Å². The van der Waals surface area contributed by atoms with Crippen LogP contribution in [0.25, 0.3) is 26.7 Å². The van der Waals surface area contributed by atoms with Gasteiger partial charge in [0.25, 0.3) is 5.91 Å². The maximum atomic E-state index is 13.6. The summed E-state index contributed by atoms with van der Waals surface area (Å²) in [5, 5.41) is 5.26. The lowest BCUT2D eigenvalue weighted by Crippen LogP contribution is -2.48. The highest BCUT2D eigenvalue weighted by atomic mass is 35.5. The lowest BCUT2D eigenvalue weighted by Gasteiger charge is -2.35. The first-order chi connectivity index (χ1) is 19.8. The molecule has 0 radical (unpaired) electrons. The summed E-state index contributed by atoms with van der Waals surface area (Å²) in [5.41, 5.74) is 3.63. The molecule has 1 aliphatic rings. The van der Waals surface area contributed by atoms with Gasteiger partial charge in [-0.25, -0.2) is 13.1 Å². The number of hydrogen-bond donors (Lipinski definition) is 0. The van der Waals surface area contributed by atoms with Crippen LogP contribution in [0.2, 0.25) is 5.02 Å². The van der Waals surface area contributed by atoms with Gasteiger partial charge in [0.15, 0.2) is 15.5 Å². The van der Waals surface area contributed by atoms with E-state index in [0.717, 1.165) is 26.7 Å². The molecule has 0 spiro atoms. The summed E-state index contributed by atoms with van der Waals surface area (Å²) in [6.45, 7) is 2.59. The Morgan fingerprint density at radius 3 is 2.34 bits per heavy atom. The zero-order chi connectivity index (χ0) is 28.6. The molecule has 0 aliphatic carbocycles. The molecule has 0 N–H and O–H groups in total. The smallest absolute Gasteiger partial charge is 0.274 e. The summed E-state index contributed by atoms with van der Waals surface area (Å²) < 4.78 is 25.9. The van der Waals surface area contributed by atoms with Crippen molar-refractivity contribution < 1.29 is 13.2 Å². The Kier molecular flexibility index (Phi) is 7.37. The normalized spacial score (nSPS) is 13.9. The van der Waals surface area contributed by atoms with E-state index in [9.17, 15) is 13.2 Å². The summed E-state index contributed by atoms with van der Waals surface area (Å²) in [6, 6.07) is 23.9. The number of para-hydroxylation sites is 1. The number of nitrogens with zero attached hydrogens (tertiary/aromatic N) is 5. The minimum atomic E-state index is -3.33. The van der Waals surface area contributed by atoms with Crippen molar-refractivity contribution in [1.82, 2.24) is 19.7 Å². The second kappa shape index (κ2) is 11.1. The Hall–Kier alpha value is -3.99. The van der Waals surface area contributed by atoms with Crippen LogP contribution in [0.1, 0.15) is 10.5 Å². The van der Waals surface area contributed by atoms with Crippen molar-refractivity contribution in [3.05, 3.63) is 102 Å². The van der Waals surface area contributed by atoms with Crippen LogP contribution in [0.4, 0.5) is 5.69 Å². The van der Waals surface area contributed by atoms with Gasteiger partial charge in [0.05, 0.1) is 26.2 Å². The number of hydrogen-bond acceptors (Lipinski definition) is 7. The first-order valence-corrected chi connectivity index (χ1v) is 16.1. The number of anilines is 1. The molecule has 6 rings (SSSR count). The van der Waals surface area contributed by atoms with Crippen LogP contribution >= 0.6 is 22.9 Å².